The summed E-state index contributed by atoms with van der Waals surface area (Å²) in [4.78, 5) is 5.71. The molecule has 3 rings (SSSR count). The van der Waals surface area contributed by atoms with Crippen molar-refractivity contribution in [2.45, 2.75) is 6.18 Å². The third-order valence-electron chi connectivity index (χ3n) is 3.74. The average molecular weight is 311 g/mol. The molecular formula is C15H16F3N3O. The van der Waals surface area contributed by atoms with E-state index >= 15 is 0 Å². The van der Waals surface area contributed by atoms with Gasteiger partial charge in [-0.2, -0.15) is 13.2 Å². The first-order chi connectivity index (χ1) is 10.5. The Balaban J connectivity index is 2.19. The van der Waals surface area contributed by atoms with Gasteiger partial charge in [0.15, 0.2) is 0 Å². The summed E-state index contributed by atoms with van der Waals surface area (Å²) in [7, 11) is 1.53. The summed E-state index contributed by atoms with van der Waals surface area (Å²) in [5, 5.41) is 3.87. The van der Waals surface area contributed by atoms with Gasteiger partial charge in [0.25, 0.3) is 0 Å². The number of anilines is 1. The summed E-state index contributed by atoms with van der Waals surface area (Å²) in [6, 6.07) is 6.05. The number of fused-ring (bicyclic) bond motifs is 1. The highest BCUT2D eigenvalue weighted by Gasteiger charge is 2.34. The van der Waals surface area contributed by atoms with Gasteiger partial charge < -0.3 is 15.0 Å². The standard InChI is InChI=1S/C15H16F3N3O/c1-22-10-2-3-12-11(8-10)13(21-6-4-19-5-7-21)9-14(20-12)15(16,17)18/h2-3,8-9,19H,4-7H2,1H3. The molecule has 1 aliphatic heterocycles. The lowest BCUT2D eigenvalue weighted by atomic mass is 10.1. The lowest BCUT2D eigenvalue weighted by Gasteiger charge is -2.30. The van der Waals surface area contributed by atoms with Crippen LogP contribution in [-0.4, -0.2) is 38.3 Å². The first-order valence-corrected chi connectivity index (χ1v) is 7.01. The van der Waals surface area contributed by atoms with Crippen LogP contribution in [-0.2, 0) is 6.18 Å². The molecule has 0 saturated carbocycles. The molecule has 1 aromatic carbocycles. The van der Waals surface area contributed by atoms with Crippen molar-refractivity contribution in [3.8, 4) is 5.75 Å². The first-order valence-electron chi connectivity index (χ1n) is 7.01. The second-order valence-corrected chi connectivity index (χ2v) is 5.14. The Hall–Kier alpha value is -2.02. The van der Waals surface area contributed by atoms with Gasteiger partial charge in [-0.1, -0.05) is 0 Å². The topological polar surface area (TPSA) is 37.4 Å². The van der Waals surface area contributed by atoms with E-state index < -0.39 is 11.9 Å². The molecule has 0 aliphatic carbocycles. The smallest absolute Gasteiger partial charge is 0.433 e. The summed E-state index contributed by atoms with van der Waals surface area (Å²) in [5.74, 6) is 0.602. The maximum absolute atomic E-state index is 13.1. The van der Waals surface area contributed by atoms with Crippen molar-refractivity contribution in [2.24, 2.45) is 0 Å². The normalized spacial score (nSPS) is 16.1. The van der Waals surface area contributed by atoms with Crippen molar-refractivity contribution in [3.63, 3.8) is 0 Å². The minimum Gasteiger partial charge on any atom is -0.497 e. The largest absolute Gasteiger partial charge is 0.497 e. The molecule has 2 aromatic rings. The van der Waals surface area contributed by atoms with E-state index in [4.69, 9.17) is 4.74 Å². The van der Waals surface area contributed by atoms with E-state index in [-0.39, 0.29) is 0 Å². The highest BCUT2D eigenvalue weighted by molar-refractivity contribution is 5.93. The molecule has 0 atom stereocenters. The summed E-state index contributed by atoms with van der Waals surface area (Å²) in [5.41, 5.74) is 0.0144. The molecule has 0 unspecified atom stereocenters. The molecule has 118 valence electrons. The number of nitrogens with one attached hydrogen (secondary N) is 1. The lowest BCUT2D eigenvalue weighted by molar-refractivity contribution is -0.140. The van der Waals surface area contributed by atoms with E-state index in [0.29, 0.717) is 35.4 Å². The van der Waals surface area contributed by atoms with Gasteiger partial charge in [-0.15, -0.1) is 0 Å². The molecule has 4 nitrogen and oxygen atoms in total. The lowest BCUT2D eigenvalue weighted by Crippen LogP contribution is -2.43. The van der Waals surface area contributed by atoms with Gasteiger partial charge in [-0.25, -0.2) is 4.98 Å². The molecule has 0 radical (unpaired) electrons. The average Bonchev–Trinajstić information content (AvgIpc) is 2.53. The molecule has 1 fully saturated rings. The van der Waals surface area contributed by atoms with Crippen LogP contribution in [0.15, 0.2) is 24.3 Å². The fourth-order valence-corrected chi connectivity index (χ4v) is 2.63. The van der Waals surface area contributed by atoms with Gasteiger partial charge in [-0.3, -0.25) is 0 Å². The molecule has 1 saturated heterocycles. The number of ether oxygens (including phenoxy) is 1. The maximum Gasteiger partial charge on any atom is 0.433 e. The highest BCUT2D eigenvalue weighted by atomic mass is 19.4. The van der Waals surface area contributed by atoms with E-state index in [1.165, 1.54) is 7.11 Å². The zero-order chi connectivity index (χ0) is 15.7. The first kappa shape index (κ1) is 14.9. The van der Waals surface area contributed by atoms with Crippen LogP contribution >= 0.6 is 0 Å². The van der Waals surface area contributed by atoms with Crippen molar-refractivity contribution in [1.29, 1.82) is 0 Å². The zero-order valence-corrected chi connectivity index (χ0v) is 12.1. The van der Waals surface area contributed by atoms with Gasteiger partial charge in [-0.05, 0) is 24.3 Å². The fourth-order valence-electron chi connectivity index (χ4n) is 2.63. The Labute approximate surface area is 125 Å². The highest BCUT2D eigenvalue weighted by Crippen LogP contribution is 2.36. The number of aromatic nitrogens is 1. The number of methoxy groups -OCH3 is 1. The molecule has 1 aromatic heterocycles. The summed E-state index contributed by atoms with van der Waals surface area (Å²) in [6.45, 7) is 2.81. The number of alkyl halides is 3. The van der Waals surface area contributed by atoms with E-state index in [9.17, 15) is 13.2 Å². The molecule has 0 amide bonds. The predicted octanol–water partition coefficient (Wildman–Crippen LogP) is 2.67. The number of nitrogens with zero attached hydrogens (tertiary/aromatic N) is 2. The van der Waals surface area contributed by atoms with E-state index in [1.54, 1.807) is 18.2 Å². The third-order valence-corrected chi connectivity index (χ3v) is 3.74. The molecule has 1 N–H and O–H groups in total. The van der Waals surface area contributed by atoms with Crippen LogP contribution in [0.5, 0.6) is 5.75 Å². The molecular weight excluding hydrogens is 295 g/mol. The number of pyridine rings is 1. The van der Waals surface area contributed by atoms with Crippen LogP contribution in [0.4, 0.5) is 18.9 Å². The minimum atomic E-state index is -4.46. The van der Waals surface area contributed by atoms with Gasteiger partial charge in [0.05, 0.1) is 12.6 Å². The Kier molecular flexibility index (Phi) is 3.82. The Bertz CT molecular complexity index is 682. The summed E-state index contributed by atoms with van der Waals surface area (Å²) >= 11 is 0. The Morgan fingerprint density at radius 1 is 1.18 bits per heavy atom. The van der Waals surface area contributed by atoms with E-state index in [2.05, 4.69) is 10.3 Å². The van der Waals surface area contributed by atoms with Gasteiger partial charge >= 0.3 is 6.18 Å². The monoisotopic (exact) mass is 311 g/mol. The molecule has 0 spiro atoms. The molecule has 2 heterocycles. The molecule has 22 heavy (non-hydrogen) atoms. The zero-order valence-electron chi connectivity index (χ0n) is 12.1. The number of halogens is 3. The van der Waals surface area contributed by atoms with Gasteiger partial charge in [0.2, 0.25) is 0 Å². The van der Waals surface area contributed by atoms with Crippen molar-refractivity contribution >= 4 is 16.6 Å². The van der Waals surface area contributed by atoms with Crippen LogP contribution in [0.1, 0.15) is 5.69 Å². The van der Waals surface area contributed by atoms with Crippen LogP contribution in [0, 0.1) is 0 Å². The van der Waals surface area contributed by atoms with Crippen LogP contribution in [0.25, 0.3) is 10.9 Å². The van der Waals surface area contributed by atoms with Crippen LogP contribution in [0.3, 0.4) is 0 Å². The second kappa shape index (κ2) is 5.64. The predicted molar refractivity (Wildman–Crippen MR) is 78.4 cm³/mol. The number of hydrogen-bond donors (Lipinski definition) is 1. The molecule has 1 aliphatic rings. The number of benzene rings is 1. The van der Waals surface area contributed by atoms with E-state index in [0.717, 1.165) is 19.2 Å². The summed E-state index contributed by atoms with van der Waals surface area (Å²) < 4.78 is 44.5. The molecule has 0 bridgehead atoms. The number of piperazine rings is 1. The van der Waals surface area contributed by atoms with Crippen molar-refractivity contribution in [3.05, 3.63) is 30.0 Å². The van der Waals surface area contributed by atoms with Crippen molar-refractivity contribution in [1.82, 2.24) is 10.3 Å². The minimum absolute atomic E-state index is 0.323. The van der Waals surface area contributed by atoms with Crippen LogP contribution < -0.4 is 15.0 Å². The Morgan fingerprint density at radius 2 is 1.91 bits per heavy atom. The summed E-state index contributed by atoms with van der Waals surface area (Å²) in [6.07, 6.45) is -4.46. The van der Waals surface area contributed by atoms with Crippen molar-refractivity contribution in [2.75, 3.05) is 38.2 Å². The fraction of sp³-hybridized carbons (Fsp3) is 0.400. The van der Waals surface area contributed by atoms with Crippen molar-refractivity contribution < 1.29 is 17.9 Å². The van der Waals surface area contributed by atoms with Gasteiger partial charge in [0.1, 0.15) is 11.4 Å². The van der Waals surface area contributed by atoms with Gasteiger partial charge in [0, 0.05) is 37.3 Å². The number of hydrogen-bond acceptors (Lipinski definition) is 4. The maximum atomic E-state index is 13.1. The molecule has 7 heteroatoms. The van der Waals surface area contributed by atoms with Crippen LogP contribution in [0.2, 0.25) is 0 Å². The number of rotatable bonds is 2. The Morgan fingerprint density at radius 3 is 2.55 bits per heavy atom. The second-order valence-electron chi connectivity index (χ2n) is 5.14. The quantitative estimate of drug-likeness (QED) is 0.925. The SMILES string of the molecule is COc1ccc2nc(C(F)(F)F)cc(N3CCNCC3)c2c1. The van der Waals surface area contributed by atoms with E-state index in [1.807, 2.05) is 4.90 Å². The third kappa shape index (κ3) is 2.81.